The molecular weight excluding hydrogens is 180 g/mol. The van der Waals surface area contributed by atoms with Crippen LogP contribution in [-0.4, -0.2) is 0 Å². The van der Waals surface area contributed by atoms with Crippen LogP contribution >= 0.6 is 0 Å². The Bertz CT molecular complexity index is 291. The molecule has 0 bridgehead atoms. The van der Waals surface area contributed by atoms with E-state index in [1.54, 1.807) is 0 Å². The van der Waals surface area contributed by atoms with Gasteiger partial charge in [-0.3, -0.25) is 0 Å². The van der Waals surface area contributed by atoms with Gasteiger partial charge in [0.2, 0.25) is 0 Å². The molecule has 0 amide bonds. The topological polar surface area (TPSA) is 0 Å². The van der Waals surface area contributed by atoms with Gasteiger partial charge in [-0.25, -0.2) is 0 Å². The molecule has 0 fully saturated rings. The largest absolute Gasteiger partial charge is 0.0648 e. The molecule has 0 aromatic carbocycles. The van der Waals surface area contributed by atoms with Gasteiger partial charge in [0, 0.05) is 0 Å². The average Bonchev–Trinajstić information content (AvgIpc) is 2.13. The number of hydrogen-bond acceptors (Lipinski definition) is 0. The third kappa shape index (κ3) is 1.88. The summed E-state index contributed by atoms with van der Waals surface area (Å²) in [5.41, 5.74) is 4.61. The van der Waals surface area contributed by atoms with Crippen LogP contribution in [0.4, 0.5) is 0 Å². The first-order valence-electron chi connectivity index (χ1n) is 6.56. The summed E-state index contributed by atoms with van der Waals surface area (Å²) < 4.78 is 0. The number of hydrogen-bond donors (Lipinski definition) is 0. The molecule has 0 saturated heterocycles. The maximum absolute atomic E-state index is 2.45. The van der Waals surface area contributed by atoms with Crippen molar-refractivity contribution in [3.05, 3.63) is 11.1 Å². The van der Waals surface area contributed by atoms with Gasteiger partial charge in [-0.1, -0.05) is 45.8 Å². The van der Waals surface area contributed by atoms with Crippen LogP contribution in [0.15, 0.2) is 11.1 Å². The maximum atomic E-state index is 2.45. The Hall–Kier alpha value is -0.260. The molecule has 0 spiro atoms. The summed E-state index contributed by atoms with van der Waals surface area (Å²) >= 11 is 0. The zero-order valence-electron chi connectivity index (χ0n) is 11.1. The molecule has 0 saturated carbocycles. The molecule has 2 aliphatic carbocycles. The molecule has 0 aliphatic heterocycles. The van der Waals surface area contributed by atoms with Crippen molar-refractivity contribution in [1.82, 2.24) is 0 Å². The fourth-order valence-electron chi connectivity index (χ4n) is 3.47. The minimum Gasteiger partial charge on any atom is -0.0648 e. The van der Waals surface area contributed by atoms with E-state index in [-0.39, 0.29) is 0 Å². The Labute approximate surface area is 95.1 Å². The van der Waals surface area contributed by atoms with Crippen LogP contribution in [-0.2, 0) is 0 Å². The Morgan fingerprint density at radius 3 is 2.07 bits per heavy atom. The van der Waals surface area contributed by atoms with Gasteiger partial charge in [0.05, 0.1) is 0 Å². The highest BCUT2D eigenvalue weighted by Crippen LogP contribution is 2.54. The zero-order chi connectivity index (χ0) is 11.3. The van der Waals surface area contributed by atoms with Gasteiger partial charge in [0.25, 0.3) is 0 Å². The highest BCUT2D eigenvalue weighted by atomic mass is 14.5. The fourth-order valence-corrected chi connectivity index (χ4v) is 3.47. The summed E-state index contributed by atoms with van der Waals surface area (Å²) in [4.78, 5) is 0. The van der Waals surface area contributed by atoms with E-state index in [4.69, 9.17) is 0 Å². The molecular formula is C15H26. The molecule has 1 atom stereocenters. The van der Waals surface area contributed by atoms with E-state index < -0.39 is 0 Å². The second-order valence-corrected chi connectivity index (χ2v) is 7.07. The molecule has 0 radical (unpaired) electrons. The van der Waals surface area contributed by atoms with E-state index in [0.29, 0.717) is 10.8 Å². The molecule has 2 aliphatic rings. The first-order chi connectivity index (χ1) is 6.83. The van der Waals surface area contributed by atoms with Crippen LogP contribution in [0.3, 0.4) is 0 Å². The number of rotatable bonds is 0. The van der Waals surface area contributed by atoms with E-state index >= 15 is 0 Å². The second kappa shape index (κ2) is 3.37. The van der Waals surface area contributed by atoms with Crippen molar-refractivity contribution in [2.24, 2.45) is 16.7 Å². The van der Waals surface area contributed by atoms with E-state index in [0.717, 1.165) is 5.92 Å². The number of allylic oxidation sites excluding steroid dienone is 2. The predicted molar refractivity (Wildman–Crippen MR) is 66.8 cm³/mol. The summed E-state index contributed by atoms with van der Waals surface area (Å²) in [6.07, 6.45) is 6.91. The van der Waals surface area contributed by atoms with Crippen LogP contribution in [0.2, 0.25) is 0 Å². The van der Waals surface area contributed by atoms with Gasteiger partial charge in [-0.15, -0.1) is 0 Å². The monoisotopic (exact) mass is 206 g/mol. The van der Waals surface area contributed by atoms with E-state index in [1.165, 1.54) is 32.1 Å². The highest BCUT2D eigenvalue weighted by Gasteiger charge is 2.40. The van der Waals surface area contributed by atoms with Gasteiger partial charge >= 0.3 is 0 Å². The molecule has 0 heteroatoms. The van der Waals surface area contributed by atoms with E-state index in [2.05, 4.69) is 34.6 Å². The summed E-state index contributed by atoms with van der Waals surface area (Å²) in [5, 5.41) is 0. The minimum atomic E-state index is 0.486. The third-order valence-electron chi connectivity index (χ3n) is 4.81. The Balaban J connectivity index is 2.43. The van der Waals surface area contributed by atoms with Crippen molar-refractivity contribution >= 4 is 0 Å². The van der Waals surface area contributed by atoms with E-state index in [9.17, 15) is 0 Å². The van der Waals surface area contributed by atoms with Crippen LogP contribution in [0.1, 0.15) is 66.7 Å². The molecule has 0 heterocycles. The molecule has 15 heavy (non-hydrogen) atoms. The summed E-state index contributed by atoms with van der Waals surface area (Å²) in [6.45, 7) is 12.2. The van der Waals surface area contributed by atoms with Crippen LogP contribution in [0, 0.1) is 16.7 Å². The molecule has 0 aromatic rings. The Morgan fingerprint density at radius 1 is 0.933 bits per heavy atom. The van der Waals surface area contributed by atoms with E-state index in [1.807, 2.05) is 11.1 Å². The SMILES string of the molecule is CC1CCC2=C(C1)C(C)(C)CCC2(C)C. The molecule has 0 nitrogen and oxygen atoms in total. The molecule has 86 valence electrons. The Kier molecular flexibility index (Phi) is 2.52. The molecule has 2 rings (SSSR count). The zero-order valence-corrected chi connectivity index (χ0v) is 11.1. The average molecular weight is 206 g/mol. The molecule has 0 aromatic heterocycles. The third-order valence-corrected chi connectivity index (χ3v) is 4.81. The lowest BCUT2D eigenvalue weighted by Crippen LogP contribution is -2.33. The fraction of sp³-hybridized carbons (Fsp3) is 0.867. The lowest BCUT2D eigenvalue weighted by atomic mass is 9.58. The standard InChI is InChI=1S/C15H26/c1-11-6-7-12-13(10-11)15(4,5)9-8-14(12,2)3/h11H,6-10H2,1-5H3. The summed E-state index contributed by atoms with van der Waals surface area (Å²) in [7, 11) is 0. The highest BCUT2D eigenvalue weighted by molar-refractivity contribution is 5.31. The van der Waals surface area contributed by atoms with Crippen molar-refractivity contribution < 1.29 is 0 Å². The first-order valence-corrected chi connectivity index (χ1v) is 6.56. The van der Waals surface area contributed by atoms with Gasteiger partial charge in [-0.2, -0.15) is 0 Å². The van der Waals surface area contributed by atoms with Gasteiger partial charge in [0.15, 0.2) is 0 Å². The second-order valence-electron chi connectivity index (χ2n) is 7.07. The van der Waals surface area contributed by atoms with Gasteiger partial charge in [0.1, 0.15) is 0 Å². The van der Waals surface area contributed by atoms with Crippen molar-refractivity contribution in [2.75, 3.05) is 0 Å². The van der Waals surface area contributed by atoms with Gasteiger partial charge in [-0.05, 0) is 48.9 Å². The quantitative estimate of drug-likeness (QED) is 0.492. The van der Waals surface area contributed by atoms with Crippen LogP contribution < -0.4 is 0 Å². The van der Waals surface area contributed by atoms with Crippen molar-refractivity contribution in [3.8, 4) is 0 Å². The predicted octanol–water partition coefficient (Wildman–Crippen LogP) is 4.95. The molecule has 0 N–H and O–H groups in total. The lowest BCUT2D eigenvalue weighted by Gasteiger charge is -2.47. The van der Waals surface area contributed by atoms with Crippen molar-refractivity contribution in [2.45, 2.75) is 66.7 Å². The smallest absolute Gasteiger partial charge is 0.0141 e. The van der Waals surface area contributed by atoms with Crippen molar-refractivity contribution in [3.63, 3.8) is 0 Å². The molecule has 1 unspecified atom stereocenters. The summed E-state index contributed by atoms with van der Waals surface area (Å²) in [5.74, 6) is 0.914. The first kappa shape index (κ1) is 11.2. The summed E-state index contributed by atoms with van der Waals surface area (Å²) in [6, 6.07) is 0. The normalized spacial score (nSPS) is 33.8. The Morgan fingerprint density at radius 2 is 1.47 bits per heavy atom. The van der Waals surface area contributed by atoms with Crippen LogP contribution in [0.5, 0.6) is 0 Å². The van der Waals surface area contributed by atoms with Crippen molar-refractivity contribution in [1.29, 1.82) is 0 Å². The van der Waals surface area contributed by atoms with Gasteiger partial charge < -0.3 is 0 Å². The van der Waals surface area contributed by atoms with Crippen LogP contribution in [0.25, 0.3) is 0 Å². The maximum Gasteiger partial charge on any atom is -0.0141 e. The minimum absolute atomic E-state index is 0.486. The lowest BCUT2D eigenvalue weighted by molar-refractivity contribution is 0.223.